The third-order valence-electron chi connectivity index (χ3n) is 2.56. The van der Waals surface area contributed by atoms with Crippen LogP contribution in [0.15, 0.2) is 18.2 Å². The molecule has 7 heteroatoms. The SMILES string of the molecule is CS(=O)CCCNC(=O)c1ccc2nc(N)sc2c1. The summed E-state index contributed by atoms with van der Waals surface area (Å²) in [6.07, 6.45) is 2.37. The highest BCUT2D eigenvalue weighted by Crippen LogP contribution is 2.24. The Balaban J connectivity index is 1.98. The minimum Gasteiger partial charge on any atom is -0.375 e. The summed E-state index contributed by atoms with van der Waals surface area (Å²) < 4.78 is 11.8. The van der Waals surface area contributed by atoms with Gasteiger partial charge in [-0.05, 0) is 24.6 Å². The zero-order chi connectivity index (χ0) is 13.8. The van der Waals surface area contributed by atoms with Gasteiger partial charge in [-0.1, -0.05) is 11.3 Å². The number of fused-ring (bicyclic) bond motifs is 1. The normalized spacial score (nSPS) is 12.5. The van der Waals surface area contributed by atoms with Crippen molar-refractivity contribution in [2.75, 3.05) is 24.3 Å². The molecule has 5 nitrogen and oxygen atoms in total. The summed E-state index contributed by atoms with van der Waals surface area (Å²) in [6, 6.07) is 5.31. The monoisotopic (exact) mass is 297 g/mol. The van der Waals surface area contributed by atoms with Crippen LogP contribution in [0, 0.1) is 0 Å². The number of amides is 1. The molecule has 19 heavy (non-hydrogen) atoms. The average molecular weight is 297 g/mol. The van der Waals surface area contributed by atoms with E-state index in [4.69, 9.17) is 5.73 Å². The van der Waals surface area contributed by atoms with E-state index in [2.05, 4.69) is 10.3 Å². The van der Waals surface area contributed by atoms with E-state index in [1.807, 2.05) is 0 Å². The van der Waals surface area contributed by atoms with E-state index in [0.29, 0.717) is 29.4 Å². The molecule has 0 aliphatic carbocycles. The fraction of sp³-hybridized carbons (Fsp3) is 0.333. The quantitative estimate of drug-likeness (QED) is 0.816. The molecule has 1 aromatic heterocycles. The second-order valence-corrected chi connectivity index (χ2v) is 6.74. The molecule has 1 aromatic carbocycles. The van der Waals surface area contributed by atoms with Gasteiger partial charge < -0.3 is 11.1 Å². The Morgan fingerprint density at radius 1 is 1.53 bits per heavy atom. The number of benzene rings is 1. The van der Waals surface area contributed by atoms with Crippen LogP contribution in [-0.2, 0) is 10.8 Å². The third-order valence-corrected chi connectivity index (χ3v) is 4.27. The van der Waals surface area contributed by atoms with Crippen molar-refractivity contribution in [2.45, 2.75) is 6.42 Å². The largest absolute Gasteiger partial charge is 0.375 e. The summed E-state index contributed by atoms with van der Waals surface area (Å²) in [6.45, 7) is 0.529. The number of hydrogen-bond acceptors (Lipinski definition) is 5. The van der Waals surface area contributed by atoms with Crippen LogP contribution in [0.25, 0.3) is 10.2 Å². The zero-order valence-electron chi connectivity index (χ0n) is 10.5. The van der Waals surface area contributed by atoms with Crippen LogP contribution in [0.1, 0.15) is 16.8 Å². The highest BCUT2D eigenvalue weighted by atomic mass is 32.2. The number of aromatic nitrogens is 1. The zero-order valence-corrected chi connectivity index (χ0v) is 12.1. The van der Waals surface area contributed by atoms with Gasteiger partial charge in [0.25, 0.3) is 5.91 Å². The summed E-state index contributed by atoms with van der Waals surface area (Å²) in [7, 11) is -0.812. The molecule has 1 atom stereocenters. The third kappa shape index (κ3) is 3.74. The van der Waals surface area contributed by atoms with Crippen LogP contribution >= 0.6 is 11.3 Å². The Morgan fingerprint density at radius 2 is 2.32 bits per heavy atom. The topological polar surface area (TPSA) is 85.1 Å². The van der Waals surface area contributed by atoms with E-state index >= 15 is 0 Å². The van der Waals surface area contributed by atoms with Crippen molar-refractivity contribution in [3.8, 4) is 0 Å². The lowest BCUT2D eigenvalue weighted by Crippen LogP contribution is -2.25. The molecule has 0 saturated heterocycles. The number of nitrogens with two attached hydrogens (primary N) is 1. The first-order valence-corrected chi connectivity index (χ1v) is 8.35. The van der Waals surface area contributed by atoms with Gasteiger partial charge in [-0.25, -0.2) is 4.98 Å². The van der Waals surface area contributed by atoms with Gasteiger partial charge in [0.05, 0.1) is 10.2 Å². The molecule has 1 amide bonds. The molecule has 102 valence electrons. The smallest absolute Gasteiger partial charge is 0.251 e. The summed E-state index contributed by atoms with van der Waals surface area (Å²) >= 11 is 1.36. The molecule has 0 radical (unpaired) electrons. The molecular weight excluding hydrogens is 282 g/mol. The van der Waals surface area contributed by atoms with Gasteiger partial charge in [-0.3, -0.25) is 9.00 Å². The summed E-state index contributed by atoms with van der Waals surface area (Å²) in [5.74, 6) is 0.473. The molecule has 2 rings (SSSR count). The van der Waals surface area contributed by atoms with Crippen LogP contribution < -0.4 is 11.1 Å². The van der Waals surface area contributed by atoms with Crippen LogP contribution in [0.2, 0.25) is 0 Å². The van der Waals surface area contributed by atoms with E-state index in [1.54, 1.807) is 24.5 Å². The molecule has 0 fully saturated rings. The summed E-state index contributed by atoms with van der Waals surface area (Å²) in [5.41, 5.74) is 7.02. The van der Waals surface area contributed by atoms with Crippen molar-refractivity contribution in [2.24, 2.45) is 0 Å². The highest BCUT2D eigenvalue weighted by Gasteiger charge is 2.08. The minimum absolute atomic E-state index is 0.129. The first-order chi connectivity index (χ1) is 9.06. The number of carbonyl (C=O) groups is 1. The minimum atomic E-state index is -0.812. The maximum Gasteiger partial charge on any atom is 0.251 e. The van der Waals surface area contributed by atoms with Crippen molar-refractivity contribution >= 4 is 43.4 Å². The van der Waals surface area contributed by atoms with Gasteiger partial charge in [0.2, 0.25) is 0 Å². The number of thiazole rings is 1. The van der Waals surface area contributed by atoms with E-state index in [1.165, 1.54) is 11.3 Å². The van der Waals surface area contributed by atoms with Crippen LogP contribution in [0.5, 0.6) is 0 Å². The second-order valence-electron chi connectivity index (χ2n) is 4.12. The van der Waals surface area contributed by atoms with Crippen molar-refractivity contribution in [3.05, 3.63) is 23.8 Å². The molecular formula is C12H15N3O2S2. The number of anilines is 1. The number of nitrogens with zero attached hydrogens (tertiary/aromatic N) is 1. The number of rotatable bonds is 5. The lowest BCUT2D eigenvalue weighted by molar-refractivity contribution is 0.0954. The highest BCUT2D eigenvalue weighted by molar-refractivity contribution is 7.84. The first kappa shape index (κ1) is 14.0. The average Bonchev–Trinajstić information content (AvgIpc) is 2.73. The second kappa shape index (κ2) is 6.12. The molecule has 3 N–H and O–H groups in total. The molecule has 2 aromatic rings. The molecule has 1 unspecified atom stereocenters. The Hall–Kier alpha value is -1.47. The fourth-order valence-electron chi connectivity index (χ4n) is 1.66. The first-order valence-electron chi connectivity index (χ1n) is 5.80. The van der Waals surface area contributed by atoms with Crippen molar-refractivity contribution in [3.63, 3.8) is 0 Å². The van der Waals surface area contributed by atoms with Gasteiger partial charge in [0.1, 0.15) is 0 Å². The maximum atomic E-state index is 11.9. The fourth-order valence-corrected chi connectivity index (χ4v) is 2.99. The molecule has 0 spiro atoms. The van der Waals surface area contributed by atoms with Crippen molar-refractivity contribution < 1.29 is 9.00 Å². The van der Waals surface area contributed by atoms with Gasteiger partial charge >= 0.3 is 0 Å². The van der Waals surface area contributed by atoms with Crippen LogP contribution in [0.3, 0.4) is 0 Å². The lowest BCUT2D eigenvalue weighted by Gasteiger charge is -2.04. The molecule has 1 heterocycles. The predicted molar refractivity (Wildman–Crippen MR) is 79.9 cm³/mol. The van der Waals surface area contributed by atoms with Gasteiger partial charge in [0.15, 0.2) is 5.13 Å². The summed E-state index contributed by atoms with van der Waals surface area (Å²) in [4.78, 5) is 16.0. The molecule has 0 bridgehead atoms. The Bertz CT molecular complexity index is 624. The van der Waals surface area contributed by atoms with Gasteiger partial charge in [-0.2, -0.15) is 0 Å². The van der Waals surface area contributed by atoms with Crippen molar-refractivity contribution in [1.82, 2.24) is 10.3 Å². The van der Waals surface area contributed by atoms with E-state index < -0.39 is 10.8 Å². The van der Waals surface area contributed by atoms with Crippen LogP contribution in [-0.4, -0.2) is 33.7 Å². The number of nitrogens with one attached hydrogen (secondary N) is 1. The predicted octanol–water partition coefficient (Wildman–Crippen LogP) is 1.38. The number of carbonyl (C=O) groups excluding carboxylic acids is 1. The standard InChI is InChI=1S/C12H15N3O2S2/c1-19(17)6-2-5-14-11(16)8-3-4-9-10(7-8)18-12(13)15-9/h3-4,7H,2,5-6H2,1H3,(H2,13,15)(H,14,16). The number of hydrogen-bond donors (Lipinski definition) is 2. The number of nitrogen functional groups attached to an aromatic ring is 1. The molecule has 0 aliphatic rings. The maximum absolute atomic E-state index is 11.9. The Labute approximate surface area is 117 Å². The molecule has 0 saturated carbocycles. The lowest BCUT2D eigenvalue weighted by atomic mass is 10.2. The Morgan fingerprint density at radius 3 is 3.05 bits per heavy atom. The van der Waals surface area contributed by atoms with Crippen molar-refractivity contribution in [1.29, 1.82) is 0 Å². The van der Waals surface area contributed by atoms with E-state index in [-0.39, 0.29) is 5.91 Å². The van der Waals surface area contributed by atoms with Gasteiger partial charge in [-0.15, -0.1) is 0 Å². The van der Waals surface area contributed by atoms with Crippen LogP contribution in [0.4, 0.5) is 5.13 Å². The molecule has 0 aliphatic heterocycles. The Kier molecular flexibility index (Phi) is 4.49. The summed E-state index contributed by atoms with van der Waals surface area (Å²) in [5, 5.41) is 3.30. The van der Waals surface area contributed by atoms with E-state index in [9.17, 15) is 9.00 Å². The van der Waals surface area contributed by atoms with E-state index in [0.717, 1.165) is 10.2 Å². The van der Waals surface area contributed by atoms with Gasteiger partial charge in [0, 0.05) is 34.9 Å².